The Labute approximate surface area is 162 Å². The molecule has 0 saturated carbocycles. The highest BCUT2D eigenvalue weighted by Crippen LogP contribution is 2.31. The molecule has 2 saturated heterocycles. The van der Waals surface area contributed by atoms with E-state index in [1.807, 2.05) is 24.2 Å². The van der Waals surface area contributed by atoms with Crippen LogP contribution in [0.2, 0.25) is 0 Å². The van der Waals surface area contributed by atoms with Crippen molar-refractivity contribution in [3.8, 4) is 0 Å². The van der Waals surface area contributed by atoms with Crippen molar-refractivity contribution in [2.45, 2.75) is 51.6 Å². The molecule has 1 spiro atoms. The summed E-state index contributed by atoms with van der Waals surface area (Å²) >= 11 is 0. The Bertz CT molecular complexity index is 600. The van der Waals surface area contributed by atoms with Crippen molar-refractivity contribution in [2.24, 2.45) is 0 Å². The first-order chi connectivity index (χ1) is 13.2. The average molecular weight is 377 g/mol. The van der Waals surface area contributed by atoms with Gasteiger partial charge in [0.2, 0.25) is 11.9 Å². The molecule has 2 aliphatic heterocycles. The van der Waals surface area contributed by atoms with E-state index in [9.17, 15) is 4.79 Å². The van der Waals surface area contributed by atoms with Crippen LogP contribution in [0.1, 0.15) is 45.1 Å². The molecule has 0 bridgehead atoms. The van der Waals surface area contributed by atoms with Crippen molar-refractivity contribution in [1.82, 2.24) is 14.9 Å². The van der Waals surface area contributed by atoms with Crippen molar-refractivity contribution < 1.29 is 14.3 Å². The van der Waals surface area contributed by atoms with E-state index in [0.717, 1.165) is 44.7 Å². The maximum Gasteiger partial charge on any atom is 0.225 e. The molecule has 0 aliphatic carbocycles. The molecule has 1 aromatic heterocycles. The van der Waals surface area contributed by atoms with Crippen LogP contribution in [-0.2, 0) is 20.7 Å². The average Bonchev–Trinajstić information content (AvgIpc) is 2.83. The Morgan fingerprint density at radius 3 is 2.63 bits per heavy atom. The van der Waals surface area contributed by atoms with Crippen molar-refractivity contribution in [3.05, 3.63) is 18.0 Å². The van der Waals surface area contributed by atoms with Gasteiger partial charge >= 0.3 is 0 Å². The molecule has 7 heteroatoms. The van der Waals surface area contributed by atoms with Crippen LogP contribution < -0.4 is 4.90 Å². The van der Waals surface area contributed by atoms with Crippen molar-refractivity contribution >= 4 is 11.9 Å². The van der Waals surface area contributed by atoms with Gasteiger partial charge < -0.3 is 19.3 Å². The maximum atomic E-state index is 12.4. The molecule has 3 heterocycles. The van der Waals surface area contributed by atoms with E-state index in [4.69, 9.17) is 9.47 Å². The van der Waals surface area contributed by atoms with Crippen LogP contribution in [0, 0.1) is 0 Å². The third-order valence-corrected chi connectivity index (χ3v) is 5.45. The van der Waals surface area contributed by atoms with Crippen molar-refractivity contribution in [1.29, 1.82) is 0 Å². The molecule has 27 heavy (non-hydrogen) atoms. The molecule has 7 nitrogen and oxygen atoms in total. The number of aromatic nitrogens is 2. The van der Waals surface area contributed by atoms with Crippen LogP contribution in [-0.4, -0.2) is 72.4 Å². The van der Waals surface area contributed by atoms with Crippen LogP contribution in [0.25, 0.3) is 0 Å². The SMILES string of the molecule is CCCc1cnc(N2CCC3(CC2)CN(CCOCC)C(=O)CCO3)nc1. The van der Waals surface area contributed by atoms with E-state index >= 15 is 0 Å². The molecule has 0 radical (unpaired) electrons. The summed E-state index contributed by atoms with van der Waals surface area (Å²) in [5.41, 5.74) is 0.932. The monoisotopic (exact) mass is 376 g/mol. The summed E-state index contributed by atoms with van der Waals surface area (Å²) in [6, 6.07) is 0. The first-order valence-corrected chi connectivity index (χ1v) is 10.2. The number of rotatable bonds is 7. The number of ether oxygens (including phenoxy) is 2. The van der Waals surface area contributed by atoms with Gasteiger partial charge in [-0.05, 0) is 31.7 Å². The largest absolute Gasteiger partial charge is 0.380 e. The fourth-order valence-electron chi connectivity index (χ4n) is 3.86. The maximum absolute atomic E-state index is 12.4. The Balaban J connectivity index is 1.59. The lowest BCUT2D eigenvalue weighted by atomic mass is 9.90. The number of aryl methyl sites for hydroxylation is 1. The molecule has 0 atom stereocenters. The first-order valence-electron chi connectivity index (χ1n) is 10.2. The normalized spacial score (nSPS) is 20.1. The first kappa shape index (κ1) is 20.0. The summed E-state index contributed by atoms with van der Waals surface area (Å²) in [5, 5.41) is 0. The predicted molar refractivity (Wildman–Crippen MR) is 104 cm³/mol. The smallest absolute Gasteiger partial charge is 0.225 e. The van der Waals surface area contributed by atoms with E-state index < -0.39 is 0 Å². The number of carbonyl (C=O) groups is 1. The van der Waals surface area contributed by atoms with Gasteiger partial charge in [-0.25, -0.2) is 9.97 Å². The van der Waals surface area contributed by atoms with E-state index in [1.54, 1.807) is 0 Å². The Morgan fingerprint density at radius 2 is 1.96 bits per heavy atom. The fourth-order valence-corrected chi connectivity index (χ4v) is 3.86. The number of hydrogen-bond acceptors (Lipinski definition) is 6. The second-order valence-electron chi connectivity index (χ2n) is 7.42. The van der Waals surface area contributed by atoms with E-state index in [-0.39, 0.29) is 11.5 Å². The Kier molecular flexibility index (Phi) is 7.01. The van der Waals surface area contributed by atoms with Gasteiger partial charge in [-0.15, -0.1) is 0 Å². The van der Waals surface area contributed by atoms with Gasteiger partial charge in [0.15, 0.2) is 0 Å². The van der Waals surface area contributed by atoms with Gasteiger partial charge in [0, 0.05) is 45.2 Å². The molecule has 1 aromatic rings. The number of amides is 1. The van der Waals surface area contributed by atoms with Crippen LogP contribution in [0.4, 0.5) is 5.95 Å². The van der Waals surface area contributed by atoms with Crippen LogP contribution in [0.3, 0.4) is 0 Å². The Hall–Kier alpha value is -1.73. The van der Waals surface area contributed by atoms with Gasteiger partial charge in [0.05, 0.1) is 25.2 Å². The van der Waals surface area contributed by atoms with Gasteiger partial charge in [0.25, 0.3) is 0 Å². The van der Waals surface area contributed by atoms with Gasteiger partial charge in [-0.2, -0.15) is 0 Å². The second kappa shape index (κ2) is 9.46. The van der Waals surface area contributed by atoms with Gasteiger partial charge in [0.1, 0.15) is 0 Å². The van der Waals surface area contributed by atoms with Crippen LogP contribution >= 0.6 is 0 Å². The number of anilines is 1. The summed E-state index contributed by atoms with van der Waals surface area (Å²) in [6.45, 7) is 8.90. The third kappa shape index (κ3) is 5.17. The fraction of sp³-hybridized carbons (Fsp3) is 0.750. The van der Waals surface area contributed by atoms with Crippen molar-refractivity contribution in [3.63, 3.8) is 0 Å². The molecule has 2 aliphatic rings. The zero-order valence-electron chi connectivity index (χ0n) is 16.7. The zero-order chi connectivity index (χ0) is 19.1. The quantitative estimate of drug-likeness (QED) is 0.679. The summed E-state index contributed by atoms with van der Waals surface area (Å²) in [6.07, 6.45) is 8.21. The van der Waals surface area contributed by atoms with Gasteiger partial charge in [-0.3, -0.25) is 4.79 Å². The van der Waals surface area contributed by atoms with E-state index in [1.165, 1.54) is 5.56 Å². The summed E-state index contributed by atoms with van der Waals surface area (Å²) in [5.74, 6) is 0.964. The lowest BCUT2D eigenvalue weighted by Crippen LogP contribution is -2.52. The molecule has 3 rings (SSSR count). The highest BCUT2D eigenvalue weighted by molar-refractivity contribution is 5.76. The lowest BCUT2D eigenvalue weighted by molar-refractivity contribution is -0.132. The molecule has 0 aromatic carbocycles. The molecular formula is C20H32N4O3. The molecular weight excluding hydrogens is 344 g/mol. The number of hydrogen-bond donors (Lipinski definition) is 0. The number of carbonyl (C=O) groups excluding carboxylic acids is 1. The Morgan fingerprint density at radius 1 is 1.22 bits per heavy atom. The zero-order valence-corrected chi connectivity index (χ0v) is 16.7. The highest BCUT2D eigenvalue weighted by Gasteiger charge is 2.40. The van der Waals surface area contributed by atoms with Crippen LogP contribution in [0.5, 0.6) is 0 Å². The van der Waals surface area contributed by atoms with Gasteiger partial charge in [-0.1, -0.05) is 13.3 Å². The minimum Gasteiger partial charge on any atom is -0.380 e. The number of nitrogens with zero attached hydrogens (tertiary/aromatic N) is 4. The lowest BCUT2D eigenvalue weighted by Gasteiger charge is -2.42. The molecule has 0 unspecified atom stereocenters. The second-order valence-corrected chi connectivity index (χ2v) is 7.42. The topological polar surface area (TPSA) is 67.8 Å². The highest BCUT2D eigenvalue weighted by atomic mass is 16.5. The van der Waals surface area contributed by atoms with E-state index in [2.05, 4.69) is 21.8 Å². The third-order valence-electron chi connectivity index (χ3n) is 5.45. The minimum atomic E-state index is -0.253. The standard InChI is InChI=1S/C20H32N4O3/c1-3-5-17-14-21-19(22-15-17)23-9-7-20(8-10-23)16-24(11-13-26-4-2)18(25)6-12-27-20/h14-15H,3-13,16H2,1-2H3. The summed E-state index contributed by atoms with van der Waals surface area (Å²) in [7, 11) is 0. The molecule has 2 fully saturated rings. The summed E-state index contributed by atoms with van der Waals surface area (Å²) in [4.78, 5) is 25.6. The van der Waals surface area contributed by atoms with Crippen molar-refractivity contribution in [2.75, 3.05) is 50.9 Å². The molecule has 1 amide bonds. The predicted octanol–water partition coefficient (Wildman–Crippen LogP) is 2.05. The van der Waals surface area contributed by atoms with Crippen LogP contribution in [0.15, 0.2) is 12.4 Å². The molecule has 0 N–H and O–H groups in total. The number of piperidine rings is 1. The minimum absolute atomic E-state index is 0.170. The molecule has 150 valence electrons. The summed E-state index contributed by atoms with van der Waals surface area (Å²) < 4.78 is 11.6. The van der Waals surface area contributed by atoms with E-state index in [0.29, 0.717) is 39.3 Å².